The highest BCUT2D eigenvalue weighted by atomic mass is 19.1. The molecule has 12 heavy (non-hydrogen) atoms. The average Bonchev–Trinajstić information content (AvgIpc) is 1.98. The maximum Gasteiger partial charge on any atom is 0.102 e. The van der Waals surface area contributed by atoms with Crippen LogP contribution in [-0.4, -0.2) is 13.2 Å². The van der Waals surface area contributed by atoms with Crippen LogP contribution in [0.4, 0.5) is 4.39 Å². The first-order valence-electron chi connectivity index (χ1n) is 4.62. The summed E-state index contributed by atoms with van der Waals surface area (Å²) in [5.41, 5.74) is 0.905. The number of methoxy groups -OCH3 is 1. The summed E-state index contributed by atoms with van der Waals surface area (Å²) in [7, 11) is 1.73. The number of allylic oxidation sites excluding steroid dienone is 1. The lowest BCUT2D eigenvalue weighted by Crippen LogP contribution is -2.41. The number of rotatable bonds is 1. The van der Waals surface area contributed by atoms with E-state index in [0.717, 1.165) is 24.8 Å². The van der Waals surface area contributed by atoms with E-state index in [0.29, 0.717) is 5.92 Å². The van der Waals surface area contributed by atoms with Gasteiger partial charge in [-0.1, -0.05) is 0 Å². The Morgan fingerprint density at radius 3 is 2.67 bits per heavy atom. The van der Waals surface area contributed by atoms with Gasteiger partial charge in [-0.15, -0.1) is 0 Å². The molecule has 0 amide bonds. The minimum Gasteiger partial charge on any atom is -0.381 e. The maximum atomic E-state index is 13.4. The summed E-state index contributed by atoms with van der Waals surface area (Å²) >= 11 is 0. The SMILES string of the molecule is CO[C@@H]1CC(C)=C(F)C2CC[C@H]21. The number of hydrogen-bond donors (Lipinski definition) is 0. The summed E-state index contributed by atoms with van der Waals surface area (Å²) in [6.45, 7) is 1.88. The second-order valence-electron chi connectivity index (χ2n) is 3.95. The Labute approximate surface area is 72.6 Å². The molecule has 0 aromatic rings. The van der Waals surface area contributed by atoms with Crippen LogP contribution in [0.3, 0.4) is 0 Å². The fourth-order valence-corrected chi connectivity index (χ4v) is 2.41. The first-order valence-corrected chi connectivity index (χ1v) is 4.62. The van der Waals surface area contributed by atoms with Crippen molar-refractivity contribution in [3.05, 3.63) is 11.4 Å². The van der Waals surface area contributed by atoms with Crippen molar-refractivity contribution in [1.82, 2.24) is 0 Å². The Bertz CT molecular complexity index is 220. The molecule has 0 N–H and O–H groups in total. The molecule has 3 atom stereocenters. The highest BCUT2D eigenvalue weighted by Crippen LogP contribution is 2.48. The second-order valence-corrected chi connectivity index (χ2v) is 3.95. The van der Waals surface area contributed by atoms with Crippen molar-refractivity contribution in [1.29, 1.82) is 0 Å². The molecule has 1 unspecified atom stereocenters. The van der Waals surface area contributed by atoms with Gasteiger partial charge in [0.2, 0.25) is 0 Å². The van der Waals surface area contributed by atoms with Crippen LogP contribution in [0.15, 0.2) is 11.4 Å². The molecule has 2 rings (SSSR count). The fourth-order valence-electron chi connectivity index (χ4n) is 2.41. The third kappa shape index (κ3) is 1.01. The van der Waals surface area contributed by atoms with Gasteiger partial charge in [-0.25, -0.2) is 4.39 Å². The van der Waals surface area contributed by atoms with Gasteiger partial charge in [-0.05, 0) is 37.7 Å². The summed E-state index contributed by atoms with van der Waals surface area (Å²) in [5.74, 6) is 0.821. The molecule has 0 bridgehead atoms. The number of ether oxygens (including phenoxy) is 1. The van der Waals surface area contributed by atoms with Gasteiger partial charge < -0.3 is 4.74 Å². The molecule has 0 aromatic carbocycles. The predicted molar refractivity (Wildman–Crippen MR) is 45.4 cm³/mol. The van der Waals surface area contributed by atoms with Gasteiger partial charge in [0.1, 0.15) is 5.83 Å². The second kappa shape index (κ2) is 2.84. The van der Waals surface area contributed by atoms with Crippen LogP contribution < -0.4 is 0 Å². The van der Waals surface area contributed by atoms with Gasteiger partial charge in [0.25, 0.3) is 0 Å². The van der Waals surface area contributed by atoms with Crippen LogP contribution in [0.5, 0.6) is 0 Å². The summed E-state index contributed by atoms with van der Waals surface area (Å²) < 4.78 is 18.7. The predicted octanol–water partition coefficient (Wildman–Crippen LogP) is 2.67. The monoisotopic (exact) mass is 170 g/mol. The van der Waals surface area contributed by atoms with E-state index in [1.54, 1.807) is 7.11 Å². The lowest BCUT2D eigenvalue weighted by Gasteiger charge is -2.44. The smallest absolute Gasteiger partial charge is 0.102 e. The molecule has 2 aliphatic carbocycles. The lowest BCUT2D eigenvalue weighted by atomic mass is 9.65. The van der Waals surface area contributed by atoms with Crippen molar-refractivity contribution in [2.24, 2.45) is 11.8 Å². The molecule has 2 heteroatoms. The summed E-state index contributed by atoms with van der Waals surface area (Å²) in [5, 5.41) is 0. The third-order valence-electron chi connectivity index (χ3n) is 3.35. The summed E-state index contributed by atoms with van der Waals surface area (Å²) in [6, 6.07) is 0. The zero-order chi connectivity index (χ0) is 8.72. The zero-order valence-electron chi connectivity index (χ0n) is 7.64. The average molecular weight is 170 g/mol. The van der Waals surface area contributed by atoms with Gasteiger partial charge in [0, 0.05) is 13.0 Å². The molecule has 0 saturated heterocycles. The minimum atomic E-state index is 0.152. The van der Waals surface area contributed by atoms with E-state index in [4.69, 9.17) is 4.74 Å². The Hall–Kier alpha value is -0.370. The van der Waals surface area contributed by atoms with Crippen LogP contribution in [-0.2, 0) is 4.74 Å². The zero-order valence-corrected chi connectivity index (χ0v) is 7.64. The van der Waals surface area contributed by atoms with Gasteiger partial charge in [-0.3, -0.25) is 0 Å². The van der Waals surface area contributed by atoms with Crippen LogP contribution >= 0.6 is 0 Å². The Kier molecular flexibility index (Phi) is 1.95. The topological polar surface area (TPSA) is 9.23 Å². The van der Waals surface area contributed by atoms with Gasteiger partial charge in [0.05, 0.1) is 6.10 Å². The normalized spacial score (nSPS) is 40.8. The van der Waals surface area contributed by atoms with Crippen LogP contribution in [0, 0.1) is 11.8 Å². The number of hydrogen-bond acceptors (Lipinski definition) is 1. The molecular formula is C10H15FO. The van der Waals surface area contributed by atoms with E-state index in [9.17, 15) is 4.39 Å². The number of fused-ring (bicyclic) bond motifs is 1. The molecule has 0 aromatic heterocycles. The van der Waals surface area contributed by atoms with Crippen LogP contribution in [0.25, 0.3) is 0 Å². The standard InChI is InChI=1S/C10H15FO/c1-6-5-9(12-2)7-3-4-8(7)10(6)11/h7-9H,3-5H2,1-2H3/t7-,8?,9-/m1/s1. The highest BCUT2D eigenvalue weighted by molar-refractivity contribution is 5.19. The van der Waals surface area contributed by atoms with Crippen LogP contribution in [0.2, 0.25) is 0 Å². The van der Waals surface area contributed by atoms with E-state index in [1.165, 1.54) is 0 Å². The van der Waals surface area contributed by atoms with Crippen molar-refractivity contribution >= 4 is 0 Å². The third-order valence-corrected chi connectivity index (χ3v) is 3.35. The molecule has 68 valence electrons. The molecule has 0 radical (unpaired) electrons. The first kappa shape index (κ1) is 8.24. The lowest BCUT2D eigenvalue weighted by molar-refractivity contribution is -0.0237. The van der Waals surface area contributed by atoms with Gasteiger partial charge in [-0.2, -0.15) is 0 Å². The molecular weight excluding hydrogens is 155 g/mol. The molecule has 1 fully saturated rings. The van der Waals surface area contributed by atoms with E-state index >= 15 is 0 Å². The van der Waals surface area contributed by atoms with Gasteiger partial charge in [0.15, 0.2) is 0 Å². The first-order chi connectivity index (χ1) is 5.74. The van der Waals surface area contributed by atoms with E-state index in [1.807, 2.05) is 6.92 Å². The molecule has 2 aliphatic rings. The van der Waals surface area contributed by atoms with Gasteiger partial charge >= 0.3 is 0 Å². The van der Waals surface area contributed by atoms with Crippen LogP contribution in [0.1, 0.15) is 26.2 Å². The number of halogens is 1. The molecule has 0 heterocycles. The molecule has 0 aliphatic heterocycles. The molecule has 1 saturated carbocycles. The fraction of sp³-hybridized carbons (Fsp3) is 0.800. The summed E-state index contributed by atoms with van der Waals surface area (Å²) in [4.78, 5) is 0. The Morgan fingerprint density at radius 2 is 2.17 bits per heavy atom. The highest BCUT2D eigenvalue weighted by Gasteiger charge is 2.43. The minimum absolute atomic E-state index is 0.152. The van der Waals surface area contributed by atoms with E-state index in [2.05, 4.69) is 0 Å². The largest absolute Gasteiger partial charge is 0.381 e. The Balaban J connectivity index is 2.19. The van der Waals surface area contributed by atoms with E-state index in [-0.39, 0.29) is 17.8 Å². The quantitative estimate of drug-likeness (QED) is 0.588. The van der Waals surface area contributed by atoms with Crippen molar-refractivity contribution in [3.8, 4) is 0 Å². The van der Waals surface area contributed by atoms with Crippen molar-refractivity contribution in [2.75, 3.05) is 7.11 Å². The van der Waals surface area contributed by atoms with Crippen molar-refractivity contribution < 1.29 is 9.13 Å². The summed E-state index contributed by atoms with van der Waals surface area (Å²) in [6.07, 6.45) is 3.24. The Morgan fingerprint density at radius 1 is 1.42 bits per heavy atom. The van der Waals surface area contributed by atoms with Crippen molar-refractivity contribution in [2.45, 2.75) is 32.3 Å². The van der Waals surface area contributed by atoms with Crippen molar-refractivity contribution in [3.63, 3.8) is 0 Å². The molecule has 1 nitrogen and oxygen atoms in total. The maximum absolute atomic E-state index is 13.4. The van der Waals surface area contributed by atoms with E-state index < -0.39 is 0 Å². The molecule has 0 spiro atoms.